The normalized spacial score (nSPS) is 24.8. The third kappa shape index (κ3) is 1.93. The summed E-state index contributed by atoms with van der Waals surface area (Å²) in [6.07, 6.45) is 3.00. The Bertz CT molecular complexity index is 652. The van der Waals surface area contributed by atoms with Crippen LogP contribution in [0.4, 0.5) is 5.95 Å². The van der Waals surface area contributed by atoms with Crippen LogP contribution in [-0.2, 0) is 4.74 Å². The molecular weight excluding hydrogens is 320 g/mol. The topological polar surface area (TPSA) is 66.0 Å². The molecule has 1 aliphatic rings. The summed E-state index contributed by atoms with van der Waals surface area (Å²) in [7, 11) is 0. The Hall–Kier alpha value is -1.14. The predicted octanol–water partition coefficient (Wildman–Crippen LogP) is 3.15. The standard InChI is InChI=1S/C14H19BrN4O/c1-4-20-11-6-10(14(11,2)3)19-12-9(18-13(19)16)5-8(15)7-17-12/h5,7,10-11H,4,6H2,1-3H3,(H2,16,18). The minimum atomic E-state index is 0.0342. The number of halogens is 1. The summed E-state index contributed by atoms with van der Waals surface area (Å²) in [5, 5.41) is 0. The fraction of sp³-hybridized carbons (Fsp3) is 0.571. The van der Waals surface area contributed by atoms with Gasteiger partial charge in [-0.25, -0.2) is 9.97 Å². The van der Waals surface area contributed by atoms with Gasteiger partial charge in [-0.05, 0) is 35.3 Å². The van der Waals surface area contributed by atoms with Crippen LogP contribution in [0, 0.1) is 5.41 Å². The monoisotopic (exact) mass is 338 g/mol. The van der Waals surface area contributed by atoms with Gasteiger partial charge in [-0.15, -0.1) is 0 Å². The SMILES string of the molecule is CCOC1CC(n2c(N)nc3cc(Br)cnc32)C1(C)C. The number of nitrogen functional groups attached to an aromatic ring is 1. The van der Waals surface area contributed by atoms with E-state index in [0.717, 1.165) is 28.7 Å². The summed E-state index contributed by atoms with van der Waals surface area (Å²) >= 11 is 3.41. The van der Waals surface area contributed by atoms with Gasteiger partial charge < -0.3 is 10.5 Å². The number of nitrogens with zero attached hydrogens (tertiary/aromatic N) is 3. The van der Waals surface area contributed by atoms with Crippen molar-refractivity contribution in [2.45, 2.75) is 39.3 Å². The molecule has 6 heteroatoms. The van der Waals surface area contributed by atoms with Crippen LogP contribution in [0.15, 0.2) is 16.7 Å². The molecule has 0 aliphatic heterocycles. The van der Waals surface area contributed by atoms with E-state index in [-0.39, 0.29) is 17.6 Å². The van der Waals surface area contributed by atoms with Crippen LogP contribution in [0.2, 0.25) is 0 Å². The molecule has 0 amide bonds. The van der Waals surface area contributed by atoms with Crippen LogP contribution in [0.1, 0.15) is 33.2 Å². The number of aromatic nitrogens is 3. The molecule has 20 heavy (non-hydrogen) atoms. The maximum atomic E-state index is 6.11. The molecule has 3 rings (SSSR count). The summed E-state index contributed by atoms with van der Waals surface area (Å²) < 4.78 is 8.75. The average Bonchev–Trinajstić information content (AvgIpc) is 2.69. The maximum Gasteiger partial charge on any atom is 0.202 e. The van der Waals surface area contributed by atoms with Gasteiger partial charge in [-0.2, -0.15) is 0 Å². The molecule has 2 N–H and O–H groups in total. The lowest BCUT2D eigenvalue weighted by Gasteiger charge is -2.52. The molecule has 0 spiro atoms. The summed E-state index contributed by atoms with van der Waals surface area (Å²) in [6, 6.07) is 2.22. The maximum absolute atomic E-state index is 6.11. The van der Waals surface area contributed by atoms with Crippen molar-refractivity contribution in [2.24, 2.45) is 5.41 Å². The number of hydrogen-bond acceptors (Lipinski definition) is 4. The average molecular weight is 339 g/mol. The Morgan fingerprint density at radius 2 is 2.30 bits per heavy atom. The highest BCUT2D eigenvalue weighted by Gasteiger charge is 2.51. The van der Waals surface area contributed by atoms with Crippen molar-refractivity contribution in [2.75, 3.05) is 12.3 Å². The molecule has 1 aliphatic carbocycles. The highest BCUT2D eigenvalue weighted by atomic mass is 79.9. The van der Waals surface area contributed by atoms with Crippen LogP contribution >= 0.6 is 15.9 Å². The van der Waals surface area contributed by atoms with Crippen LogP contribution in [-0.4, -0.2) is 27.2 Å². The Kier molecular flexibility index (Phi) is 3.25. The molecular formula is C14H19BrN4O. The van der Waals surface area contributed by atoms with Crippen molar-refractivity contribution in [3.8, 4) is 0 Å². The van der Waals surface area contributed by atoms with Gasteiger partial charge in [-0.3, -0.25) is 4.57 Å². The Morgan fingerprint density at radius 1 is 1.55 bits per heavy atom. The Balaban J connectivity index is 2.02. The van der Waals surface area contributed by atoms with Crippen molar-refractivity contribution in [3.63, 3.8) is 0 Å². The predicted molar refractivity (Wildman–Crippen MR) is 82.5 cm³/mol. The summed E-state index contributed by atoms with van der Waals surface area (Å²) in [4.78, 5) is 8.89. The van der Waals surface area contributed by atoms with E-state index in [9.17, 15) is 0 Å². The van der Waals surface area contributed by atoms with E-state index in [1.54, 1.807) is 6.20 Å². The molecule has 108 valence electrons. The number of nitrogens with two attached hydrogens (primary N) is 1. The first-order valence-electron chi connectivity index (χ1n) is 6.85. The van der Waals surface area contributed by atoms with Crippen LogP contribution < -0.4 is 5.73 Å². The van der Waals surface area contributed by atoms with E-state index in [1.165, 1.54) is 0 Å². The Morgan fingerprint density at radius 3 is 2.95 bits per heavy atom. The molecule has 5 nitrogen and oxygen atoms in total. The van der Waals surface area contributed by atoms with Crippen molar-refractivity contribution in [1.82, 2.24) is 14.5 Å². The minimum Gasteiger partial charge on any atom is -0.378 e. The Labute approximate surface area is 126 Å². The van der Waals surface area contributed by atoms with Gasteiger partial charge in [0.25, 0.3) is 0 Å². The first-order valence-corrected chi connectivity index (χ1v) is 7.65. The zero-order valence-electron chi connectivity index (χ0n) is 11.9. The van der Waals surface area contributed by atoms with Crippen molar-refractivity contribution in [1.29, 1.82) is 0 Å². The van der Waals surface area contributed by atoms with E-state index in [2.05, 4.69) is 44.3 Å². The fourth-order valence-corrected chi connectivity index (χ4v) is 3.39. The molecule has 1 fully saturated rings. The summed E-state index contributed by atoms with van der Waals surface area (Å²) in [6.45, 7) is 7.20. The van der Waals surface area contributed by atoms with Gasteiger partial charge in [0.1, 0.15) is 5.52 Å². The molecule has 1 saturated carbocycles. The highest BCUT2D eigenvalue weighted by molar-refractivity contribution is 9.10. The van der Waals surface area contributed by atoms with Crippen molar-refractivity contribution >= 4 is 33.0 Å². The highest BCUT2D eigenvalue weighted by Crippen LogP contribution is 2.52. The smallest absolute Gasteiger partial charge is 0.202 e. The molecule has 2 atom stereocenters. The van der Waals surface area contributed by atoms with Crippen LogP contribution in [0.3, 0.4) is 0 Å². The van der Waals surface area contributed by atoms with Gasteiger partial charge in [-0.1, -0.05) is 13.8 Å². The molecule has 0 radical (unpaired) electrons. The lowest BCUT2D eigenvalue weighted by molar-refractivity contribution is -0.126. The van der Waals surface area contributed by atoms with E-state index in [4.69, 9.17) is 10.5 Å². The van der Waals surface area contributed by atoms with Gasteiger partial charge in [0.15, 0.2) is 5.65 Å². The van der Waals surface area contributed by atoms with E-state index in [1.807, 2.05) is 13.0 Å². The molecule has 2 unspecified atom stereocenters. The number of imidazole rings is 1. The number of ether oxygens (including phenoxy) is 1. The number of anilines is 1. The first kappa shape index (κ1) is 13.8. The summed E-state index contributed by atoms with van der Waals surface area (Å²) in [5.74, 6) is 0.527. The number of hydrogen-bond donors (Lipinski definition) is 1. The second-order valence-corrected chi connectivity index (χ2v) is 6.77. The lowest BCUT2D eigenvalue weighted by Crippen LogP contribution is -2.51. The van der Waals surface area contributed by atoms with Crippen LogP contribution in [0.5, 0.6) is 0 Å². The fourth-order valence-electron chi connectivity index (χ4n) is 3.07. The first-order chi connectivity index (χ1) is 9.45. The lowest BCUT2D eigenvalue weighted by atomic mass is 9.64. The second kappa shape index (κ2) is 4.70. The van der Waals surface area contributed by atoms with Gasteiger partial charge in [0, 0.05) is 28.7 Å². The van der Waals surface area contributed by atoms with Gasteiger partial charge >= 0.3 is 0 Å². The van der Waals surface area contributed by atoms with Gasteiger partial charge in [0.2, 0.25) is 5.95 Å². The minimum absolute atomic E-state index is 0.0342. The zero-order chi connectivity index (χ0) is 14.5. The second-order valence-electron chi connectivity index (χ2n) is 5.85. The molecule has 0 aromatic carbocycles. The van der Waals surface area contributed by atoms with E-state index >= 15 is 0 Å². The molecule has 2 aromatic rings. The van der Waals surface area contributed by atoms with Crippen molar-refractivity contribution in [3.05, 3.63) is 16.7 Å². The largest absolute Gasteiger partial charge is 0.378 e. The molecule has 2 aromatic heterocycles. The quantitative estimate of drug-likeness (QED) is 0.933. The van der Waals surface area contributed by atoms with E-state index in [0.29, 0.717) is 5.95 Å². The third-order valence-electron chi connectivity index (χ3n) is 4.33. The van der Waals surface area contributed by atoms with Gasteiger partial charge in [0.05, 0.1) is 6.10 Å². The summed E-state index contributed by atoms with van der Waals surface area (Å²) in [5.41, 5.74) is 7.82. The molecule has 0 bridgehead atoms. The van der Waals surface area contributed by atoms with Crippen LogP contribution in [0.25, 0.3) is 11.2 Å². The zero-order valence-corrected chi connectivity index (χ0v) is 13.5. The van der Waals surface area contributed by atoms with E-state index < -0.39 is 0 Å². The number of pyridine rings is 1. The molecule has 2 heterocycles. The number of fused-ring (bicyclic) bond motifs is 1. The number of rotatable bonds is 3. The third-order valence-corrected chi connectivity index (χ3v) is 4.76. The molecule has 0 saturated heterocycles. The van der Waals surface area contributed by atoms with Crippen molar-refractivity contribution < 1.29 is 4.74 Å².